The third-order valence-electron chi connectivity index (χ3n) is 9.42. The summed E-state index contributed by atoms with van der Waals surface area (Å²) < 4.78 is 82.6. The van der Waals surface area contributed by atoms with Gasteiger partial charge in [-0.1, -0.05) is 24.3 Å². The third kappa shape index (κ3) is 6.89. The van der Waals surface area contributed by atoms with Crippen molar-refractivity contribution < 1.29 is 41.0 Å². The fraction of sp³-hybridized carbons (Fsp3) is 0.400. The lowest BCUT2D eigenvalue weighted by molar-refractivity contribution is -0.153. The Morgan fingerprint density at radius 2 is 1.70 bits per heavy atom. The van der Waals surface area contributed by atoms with Crippen molar-refractivity contribution >= 4 is 5.97 Å². The van der Waals surface area contributed by atoms with Gasteiger partial charge < -0.3 is 19.6 Å². The molecule has 0 amide bonds. The Balaban J connectivity index is 1.39. The monoisotopic (exact) mass is 702 g/mol. The Labute approximate surface area is 282 Å². The molecule has 2 aliphatic rings. The molecule has 1 spiro atoms. The van der Waals surface area contributed by atoms with Crippen molar-refractivity contribution in [3.05, 3.63) is 121 Å². The average Bonchev–Trinajstić information content (AvgIpc) is 3.69. The number of hydrogen-bond donors (Lipinski definition) is 2. The number of carbonyl (C=O) groups is 1. The zero-order valence-electron chi connectivity index (χ0n) is 27.1. The van der Waals surface area contributed by atoms with Gasteiger partial charge in [0.25, 0.3) is 5.56 Å². The van der Waals surface area contributed by atoms with Crippen molar-refractivity contribution in [2.75, 3.05) is 19.6 Å². The molecule has 10 nitrogen and oxygen atoms in total. The molecule has 2 aliphatic heterocycles. The van der Waals surface area contributed by atoms with E-state index in [-0.39, 0.29) is 60.7 Å². The van der Waals surface area contributed by atoms with E-state index in [0.717, 1.165) is 22.8 Å². The number of hydrogen-bond acceptors (Lipinski definition) is 7. The van der Waals surface area contributed by atoms with Gasteiger partial charge in [0.05, 0.1) is 36.6 Å². The van der Waals surface area contributed by atoms with Crippen LogP contribution < -0.4 is 16.6 Å². The van der Waals surface area contributed by atoms with Crippen molar-refractivity contribution in [2.45, 2.75) is 70.1 Å². The lowest BCUT2D eigenvalue weighted by Crippen LogP contribution is -2.48. The van der Waals surface area contributed by atoms with Crippen LogP contribution in [0.3, 0.4) is 0 Å². The summed E-state index contributed by atoms with van der Waals surface area (Å²) in [6, 6.07) is 11.8. The molecule has 0 saturated carbocycles. The molecule has 0 aliphatic carbocycles. The number of aromatic nitrogens is 2. The molecule has 0 bridgehead atoms. The highest BCUT2D eigenvalue weighted by molar-refractivity contribution is 5.66. The van der Waals surface area contributed by atoms with Crippen LogP contribution in [-0.2, 0) is 41.0 Å². The summed E-state index contributed by atoms with van der Waals surface area (Å²) in [5, 5.41) is 12.2. The van der Waals surface area contributed by atoms with E-state index in [2.05, 4.69) is 5.32 Å². The first-order chi connectivity index (χ1) is 23.8. The van der Waals surface area contributed by atoms with E-state index in [4.69, 9.17) is 14.3 Å². The number of fused-ring (bicyclic) bond motifs is 2. The van der Waals surface area contributed by atoms with Crippen molar-refractivity contribution in [2.24, 2.45) is 0 Å². The molecule has 1 atom stereocenters. The van der Waals surface area contributed by atoms with Crippen molar-refractivity contribution in [3.63, 3.8) is 0 Å². The predicted molar refractivity (Wildman–Crippen MR) is 170 cm³/mol. The number of ether oxygens (including phenoxy) is 1. The van der Waals surface area contributed by atoms with Crippen LogP contribution in [0.25, 0.3) is 5.69 Å². The van der Waals surface area contributed by atoms with E-state index in [1.807, 2.05) is 11.8 Å². The lowest BCUT2D eigenvalue weighted by Gasteiger charge is -2.38. The number of rotatable bonds is 11. The number of furan rings is 1. The van der Waals surface area contributed by atoms with E-state index >= 15 is 0 Å². The summed E-state index contributed by atoms with van der Waals surface area (Å²) in [4.78, 5) is 41.8. The summed E-state index contributed by atoms with van der Waals surface area (Å²) >= 11 is 0. The molecular formula is C35H35F5N4O6. The largest absolute Gasteiger partial charge is 0.481 e. The summed E-state index contributed by atoms with van der Waals surface area (Å²) in [6.45, 7) is 2.19. The number of alkyl halides is 3. The molecule has 2 N–H and O–H groups in total. The highest BCUT2D eigenvalue weighted by Crippen LogP contribution is 2.43. The summed E-state index contributed by atoms with van der Waals surface area (Å²) in [7, 11) is 0. The van der Waals surface area contributed by atoms with Crippen LogP contribution >= 0.6 is 0 Å². The second-order valence-electron chi connectivity index (χ2n) is 12.6. The first-order valence-electron chi connectivity index (χ1n) is 16.2. The minimum Gasteiger partial charge on any atom is -0.481 e. The highest BCUT2D eigenvalue weighted by atomic mass is 19.4. The van der Waals surface area contributed by atoms with Gasteiger partial charge in [-0.05, 0) is 68.6 Å². The number of nitrogens with one attached hydrogen (secondary N) is 1. The quantitative estimate of drug-likeness (QED) is 0.156. The Morgan fingerprint density at radius 1 is 1.00 bits per heavy atom. The zero-order valence-corrected chi connectivity index (χ0v) is 27.1. The molecule has 6 rings (SSSR count). The van der Waals surface area contributed by atoms with Crippen molar-refractivity contribution in [1.29, 1.82) is 0 Å². The van der Waals surface area contributed by atoms with Crippen LogP contribution in [0.1, 0.15) is 72.6 Å². The maximum Gasteiger partial charge on any atom is 0.449 e. The SMILES string of the molecule is C[C@@H](NCCCC(=O)O)c1ccccc1-n1c(=O)c2c(n(Cc3c(F)cccc3F)c1=O)COC21CCN(Cc2ccc(C(F)(F)F)o2)CC1. The maximum atomic E-state index is 15.0. The molecule has 50 heavy (non-hydrogen) atoms. The Kier molecular flexibility index (Phi) is 9.84. The van der Waals surface area contributed by atoms with Gasteiger partial charge in [-0.3, -0.25) is 19.1 Å². The molecule has 1 fully saturated rings. The van der Waals surface area contributed by atoms with Crippen LogP contribution in [0.2, 0.25) is 0 Å². The predicted octanol–water partition coefficient (Wildman–Crippen LogP) is 5.47. The average molecular weight is 703 g/mol. The van der Waals surface area contributed by atoms with Crippen molar-refractivity contribution in [3.8, 4) is 5.69 Å². The van der Waals surface area contributed by atoms with Crippen molar-refractivity contribution in [1.82, 2.24) is 19.4 Å². The Bertz CT molecular complexity index is 1990. The first-order valence-corrected chi connectivity index (χ1v) is 16.2. The highest BCUT2D eigenvalue weighted by Gasteiger charge is 2.47. The van der Waals surface area contributed by atoms with Gasteiger partial charge in [0.1, 0.15) is 23.0 Å². The van der Waals surface area contributed by atoms with Gasteiger partial charge in [0.2, 0.25) is 5.76 Å². The fourth-order valence-electron chi connectivity index (χ4n) is 6.82. The molecule has 0 radical (unpaired) electrons. The van der Waals surface area contributed by atoms with E-state index in [0.29, 0.717) is 31.6 Å². The van der Waals surface area contributed by atoms with E-state index in [1.54, 1.807) is 24.3 Å². The van der Waals surface area contributed by atoms with Crippen LogP contribution in [0.5, 0.6) is 0 Å². The van der Waals surface area contributed by atoms with Gasteiger partial charge in [-0.25, -0.2) is 18.1 Å². The zero-order chi connectivity index (χ0) is 35.8. The van der Waals surface area contributed by atoms with E-state index in [9.17, 15) is 36.3 Å². The number of nitrogens with zero attached hydrogens (tertiary/aromatic N) is 3. The lowest BCUT2D eigenvalue weighted by atomic mass is 9.85. The summed E-state index contributed by atoms with van der Waals surface area (Å²) in [6.07, 6.45) is -3.81. The van der Waals surface area contributed by atoms with Crippen LogP contribution in [-0.4, -0.2) is 44.7 Å². The second-order valence-corrected chi connectivity index (χ2v) is 12.6. The minimum absolute atomic E-state index is 0.0431. The van der Waals surface area contributed by atoms with Gasteiger partial charge in [-0.15, -0.1) is 0 Å². The summed E-state index contributed by atoms with van der Waals surface area (Å²) in [5.74, 6) is -3.63. The summed E-state index contributed by atoms with van der Waals surface area (Å²) in [5.41, 5.74) is -1.83. The van der Waals surface area contributed by atoms with Crippen LogP contribution in [0.4, 0.5) is 22.0 Å². The molecule has 4 heterocycles. The van der Waals surface area contributed by atoms with Crippen LogP contribution in [0, 0.1) is 11.6 Å². The number of para-hydroxylation sites is 1. The molecule has 2 aromatic heterocycles. The van der Waals surface area contributed by atoms with E-state index in [1.165, 1.54) is 16.7 Å². The van der Waals surface area contributed by atoms with Gasteiger partial charge in [0, 0.05) is 31.1 Å². The number of likely N-dealkylation sites (tertiary alicyclic amines) is 1. The first kappa shape index (κ1) is 35.2. The van der Waals surface area contributed by atoms with Gasteiger partial charge in [0.15, 0.2) is 0 Å². The van der Waals surface area contributed by atoms with Gasteiger partial charge >= 0.3 is 17.8 Å². The smallest absolute Gasteiger partial charge is 0.449 e. The number of aliphatic carboxylic acids is 1. The minimum atomic E-state index is -4.61. The number of carboxylic acids is 1. The number of carboxylic acid groups (broad SMARTS) is 1. The Hall–Kier alpha value is -4.60. The fourth-order valence-corrected chi connectivity index (χ4v) is 6.82. The molecule has 15 heteroatoms. The molecule has 0 unspecified atom stereocenters. The molecular weight excluding hydrogens is 667 g/mol. The number of halogens is 5. The topological polar surface area (TPSA) is 119 Å². The molecule has 266 valence electrons. The molecule has 1 saturated heterocycles. The van der Waals surface area contributed by atoms with Gasteiger partial charge in [-0.2, -0.15) is 13.2 Å². The normalized spacial score (nSPS) is 16.5. The van der Waals surface area contributed by atoms with E-state index < -0.39 is 59.0 Å². The maximum absolute atomic E-state index is 15.0. The number of piperidine rings is 1. The standard InChI is InChI=1S/C35H35F5N4O6/c1-21(41-15-5-10-30(45)46)23-6-2-3-9-27(23)44-32(47)31-28(43(33(44)48)19-24-25(36)7-4-8-26(24)37)20-49-34(31)13-16-42(17-14-34)18-22-11-12-29(50-22)35(38,39)40/h2-4,6-9,11-12,21,41H,5,10,13-20H2,1H3,(H,45,46)/t21-/m1/s1. The molecule has 4 aromatic rings. The number of benzene rings is 2. The Morgan fingerprint density at radius 3 is 2.36 bits per heavy atom. The second kappa shape index (κ2) is 14.0. The molecule has 2 aromatic carbocycles. The van der Waals surface area contributed by atoms with Crippen LogP contribution in [0.15, 0.2) is 68.6 Å². The third-order valence-corrected chi connectivity index (χ3v) is 9.42.